The molecule has 0 spiro atoms. The zero-order valence-corrected chi connectivity index (χ0v) is 16.3. The number of fused-ring (bicyclic) bond motifs is 7. The van der Waals surface area contributed by atoms with Gasteiger partial charge in [0, 0.05) is 10.8 Å². The summed E-state index contributed by atoms with van der Waals surface area (Å²) < 4.78 is 10.0. The van der Waals surface area contributed by atoms with Gasteiger partial charge in [0.1, 0.15) is 5.58 Å². The minimum absolute atomic E-state index is 0.0765. The van der Waals surface area contributed by atoms with E-state index in [0.717, 1.165) is 38.7 Å². The van der Waals surface area contributed by atoms with Gasteiger partial charge in [-0.1, -0.05) is 54.6 Å². The van der Waals surface area contributed by atoms with E-state index in [9.17, 15) is 4.79 Å². The van der Waals surface area contributed by atoms with Crippen LogP contribution in [0.5, 0.6) is 0 Å². The second kappa shape index (κ2) is 5.83. The smallest absolute Gasteiger partial charge is 0.267 e. The number of imidazole rings is 1. The summed E-state index contributed by atoms with van der Waals surface area (Å²) in [6.07, 6.45) is 0. The summed E-state index contributed by atoms with van der Waals surface area (Å²) in [5.74, 6) is 0.567. The zero-order valence-electron chi connectivity index (χ0n) is 16.3. The van der Waals surface area contributed by atoms with E-state index in [2.05, 4.69) is 12.1 Å². The maximum Gasteiger partial charge on any atom is 0.267 e. The molecule has 0 radical (unpaired) electrons. The van der Waals surface area contributed by atoms with Crippen molar-refractivity contribution in [3.8, 4) is 5.69 Å². The lowest BCUT2D eigenvalue weighted by Gasteiger charge is -2.07. The molecule has 7 rings (SSSR count). The standard InChI is InChI=1S/C26H15N3O2/c30-25-18-9-1-3-11-19(18)27-26-28(20-12-4-5-13-21(20)29(25)26)22-14-7-10-17-16-8-2-6-15-23(16)31-24(17)22/h1-15H. The molecule has 7 aromatic rings. The van der Waals surface area contributed by atoms with Crippen LogP contribution in [-0.4, -0.2) is 14.0 Å². The second-order valence-electron chi connectivity index (χ2n) is 7.65. The van der Waals surface area contributed by atoms with Crippen LogP contribution in [0.2, 0.25) is 0 Å². The molecule has 5 nitrogen and oxygen atoms in total. The van der Waals surface area contributed by atoms with Crippen LogP contribution in [0.1, 0.15) is 0 Å². The normalized spacial score (nSPS) is 12.0. The van der Waals surface area contributed by atoms with Crippen molar-refractivity contribution in [2.24, 2.45) is 0 Å². The first-order valence-electron chi connectivity index (χ1n) is 10.1. The van der Waals surface area contributed by atoms with Gasteiger partial charge >= 0.3 is 0 Å². The highest BCUT2D eigenvalue weighted by atomic mass is 16.3. The molecule has 0 unspecified atom stereocenters. The first-order valence-corrected chi connectivity index (χ1v) is 10.1. The molecule has 5 heteroatoms. The third kappa shape index (κ3) is 2.09. The lowest BCUT2D eigenvalue weighted by Crippen LogP contribution is -2.15. The van der Waals surface area contributed by atoms with Crippen LogP contribution in [-0.2, 0) is 0 Å². The molecule has 0 saturated heterocycles. The lowest BCUT2D eigenvalue weighted by atomic mass is 10.1. The number of para-hydroxylation sites is 5. The summed E-state index contributed by atoms with van der Waals surface area (Å²) in [6.45, 7) is 0. The highest BCUT2D eigenvalue weighted by Crippen LogP contribution is 2.35. The van der Waals surface area contributed by atoms with Crippen LogP contribution >= 0.6 is 0 Å². The zero-order chi connectivity index (χ0) is 20.5. The van der Waals surface area contributed by atoms with Gasteiger partial charge in [0.05, 0.1) is 27.6 Å². The predicted molar refractivity (Wildman–Crippen MR) is 123 cm³/mol. The Balaban J connectivity index is 1.74. The van der Waals surface area contributed by atoms with Crippen molar-refractivity contribution >= 4 is 49.7 Å². The molecule has 0 N–H and O–H groups in total. The molecule has 0 bridgehead atoms. The summed E-state index contributed by atoms with van der Waals surface area (Å²) in [5.41, 5.74) is 4.77. The predicted octanol–water partition coefficient (Wildman–Crippen LogP) is 5.69. The Morgan fingerprint density at radius 1 is 0.677 bits per heavy atom. The van der Waals surface area contributed by atoms with E-state index in [0.29, 0.717) is 16.7 Å². The summed E-state index contributed by atoms with van der Waals surface area (Å²) in [6, 6.07) is 29.5. The Kier molecular flexibility index (Phi) is 3.09. The molecule has 0 aliphatic carbocycles. The van der Waals surface area contributed by atoms with Gasteiger partial charge in [-0.05, 0) is 36.4 Å². The van der Waals surface area contributed by atoms with E-state index in [1.807, 2.05) is 83.4 Å². The van der Waals surface area contributed by atoms with Gasteiger partial charge in [-0.15, -0.1) is 0 Å². The number of aromatic nitrogens is 3. The summed E-state index contributed by atoms with van der Waals surface area (Å²) >= 11 is 0. The number of hydrogen-bond donors (Lipinski definition) is 0. The minimum Gasteiger partial charge on any atom is -0.454 e. The third-order valence-electron chi connectivity index (χ3n) is 5.95. The van der Waals surface area contributed by atoms with Gasteiger partial charge in [0.15, 0.2) is 5.58 Å². The number of benzene rings is 4. The van der Waals surface area contributed by atoms with Gasteiger partial charge in [0.2, 0.25) is 5.78 Å². The Labute approximate surface area is 175 Å². The van der Waals surface area contributed by atoms with Crippen molar-refractivity contribution in [3.63, 3.8) is 0 Å². The Hall–Kier alpha value is -4.38. The van der Waals surface area contributed by atoms with Crippen molar-refractivity contribution in [2.75, 3.05) is 0 Å². The SMILES string of the molecule is O=c1c2ccccc2nc2n(-c3cccc4c3oc3ccccc34)c3ccccc3n12. The van der Waals surface area contributed by atoms with E-state index in [1.54, 1.807) is 4.40 Å². The molecule has 3 heterocycles. The number of hydrogen-bond acceptors (Lipinski definition) is 3. The van der Waals surface area contributed by atoms with Crippen molar-refractivity contribution in [1.82, 2.24) is 14.0 Å². The fourth-order valence-electron chi connectivity index (χ4n) is 4.58. The molecule has 31 heavy (non-hydrogen) atoms. The summed E-state index contributed by atoms with van der Waals surface area (Å²) in [5, 5.41) is 2.70. The van der Waals surface area contributed by atoms with E-state index in [1.165, 1.54) is 0 Å². The molecular formula is C26H15N3O2. The third-order valence-corrected chi connectivity index (χ3v) is 5.95. The molecule has 146 valence electrons. The first kappa shape index (κ1) is 16.4. The van der Waals surface area contributed by atoms with Crippen LogP contribution in [0.25, 0.3) is 55.3 Å². The average Bonchev–Trinajstić information content (AvgIpc) is 3.35. The van der Waals surface area contributed by atoms with E-state index < -0.39 is 0 Å². The Morgan fingerprint density at radius 2 is 1.39 bits per heavy atom. The number of rotatable bonds is 1. The van der Waals surface area contributed by atoms with Gasteiger partial charge in [0.25, 0.3) is 5.56 Å². The average molecular weight is 401 g/mol. The van der Waals surface area contributed by atoms with Crippen molar-refractivity contribution < 1.29 is 4.42 Å². The second-order valence-corrected chi connectivity index (χ2v) is 7.65. The Bertz CT molecular complexity index is 1870. The van der Waals surface area contributed by atoms with Crippen LogP contribution in [0.15, 0.2) is 100 Å². The molecule has 0 aliphatic heterocycles. The molecule has 4 aromatic carbocycles. The highest BCUT2D eigenvalue weighted by Gasteiger charge is 2.20. The Morgan fingerprint density at radius 3 is 2.29 bits per heavy atom. The van der Waals surface area contributed by atoms with Crippen molar-refractivity contribution in [1.29, 1.82) is 0 Å². The number of nitrogens with zero attached hydrogens (tertiary/aromatic N) is 3. The van der Waals surface area contributed by atoms with Gasteiger partial charge in [-0.3, -0.25) is 9.36 Å². The van der Waals surface area contributed by atoms with Crippen LogP contribution in [0.3, 0.4) is 0 Å². The first-order chi connectivity index (χ1) is 15.3. The number of furan rings is 1. The maximum atomic E-state index is 13.4. The fourth-order valence-corrected chi connectivity index (χ4v) is 4.58. The monoisotopic (exact) mass is 401 g/mol. The van der Waals surface area contributed by atoms with Crippen molar-refractivity contribution in [2.45, 2.75) is 0 Å². The molecule has 0 atom stereocenters. The minimum atomic E-state index is -0.0765. The largest absolute Gasteiger partial charge is 0.454 e. The van der Waals surface area contributed by atoms with E-state index >= 15 is 0 Å². The van der Waals surface area contributed by atoms with Crippen molar-refractivity contribution in [3.05, 3.63) is 101 Å². The molecule has 3 aromatic heterocycles. The summed E-state index contributed by atoms with van der Waals surface area (Å²) in [7, 11) is 0. The summed E-state index contributed by atoms with van der Waals surface area (Å²) in [4.78, 5) is 18.3. The lowest BCUT2D eigenvalue weighted by molar-refractivity contribution is 0.666. The fraction of sp³-hybridized carbons (Fsp3) is 0. The molecule has 0 aliphatic rings. The van der Waals surface area contributed by atoms with Crippen LogP contribution in [0, 0.1) is 0 Å². The molecular weight excluding hydrogens is 386 g/mol. The van der Waals surface area contributed by atoms with E-state index in [-0.39, 0.29) is 5.56 Å². The van der Waals surface area contributed by atoms with Crippen LogP contribution < -0.4 is 5.56 Å². The molecule has 0 amide bonds. The molecule has 0 saturated carbocycles. The highest BCUT2D eigenvalue weighted by molar-refractivity contribution is 6.08. The van der Waals surface area contributed by atoms with Gasteiger partial charge in [-0.2, -0.15) is 0 Å². The molecule has 0 fully saturated rings. The maximum absolute atomic E-state index is 13.4. The quantitative estimate of drug-likeness (QED) is 0.355. The van der Waals surface area contributed by atoms with E-state index in [4.69, 9.17) is 9.40 Å². The topological polar surface area (TPSA) is 52.4 Å². The van der Waals surface area contributed by atoms with Gasteiger partial charge in [-0.25, -0.2) is 9.38 Å². The van der Waals surface area contributed by atoms with Gasteiger partial charge < -0.3 is 4.42 Å². The van der Waals surface area contributed by atoms with Crippen LogP contribution in [0.4, 0.5) is 0 Å².